The van der Waals surface area contributed by atoms with Crippen molar-refractivity contribution >= 4 is 5.78 Å². The predicted molar refractivity (Wildman–Crippen MR) is 63.3 cm³/mol. The molecule has 0 bridgehead atoms. The van der Waals surface area contributed by atoms with Crippen LogP contribution >= 0.6 is 0 Å². The van der Waals surface area contributed by atoms with Crippen LogP contribution in [0.3, 0.4) is 0 Å². The zero-order valence-electron chi connectivity index (χ0n) is 12.0. The molecule has 18 heavy (non-hydrogen) atoms. The fraction of sp³-hybridized carbons (Fsp3) is 0.385. The van der Waals surface area contributed by atoms with E-state index in [2.05, 4.69) is 26.8 Å². The molecule has 0 amide bonds. The number of ketones is 1. The van der Waals surface area contributed by atoms with Crippen molar-refractivity contribution in [3.05, 3.63) is 44.3 Å². The molecule has 0 aliphatic heterocycles. The van der Waals surface area contributed by atoms with Crippen LogP contribution in [0.25, 0.3) is 0 Å². The van der Waals surface area contributed by atoms with E-state index in [1.54, 1.807) is 18.5 Å². The minimum Gasteiger partial charge on any atom is -0.420 e. The van der Waals surface area contributed by atoms with Gasteiger partial charge in [-0.1, -0.05) is 18.3 Å². The molecule has 0 saturated carbocycles. The molecule has 0 aliphatic carbocycles. The van der Waals surface area contributed by atoms with Crippen LogP contribution in [0.1, 0.15) is 37.2 Å². The van der Waals surface area contributed by atoms with Crippen LogP contribution < -0.4 is 0 Å². The van der Waals surface area contributed by atoms with Crippen molar-refractivity contribution in [3.8, 4) is 0 Å². The number of hydrogen-bond donors (Lipinski definition) is 0. The smallest absolute Gasteiger partial charge is 0.420 e. The number of rotatable bonds is 4. The predicted octanol–water partition coefficient (Wildman–Crippen LogP) is 2.83. The Bertz CT molecular complexity index is 359. The Kier molecular flexibility index (Phi) is 22.2. The third-order valence-corrected chi connectivity index (χ3v) is 1.87. The van der Waals surface area contributed by atoms with E-state index in [1.165, 1.54) is 0 Å². The molecule has 2 nitrogen and oxygen atoms in total. The maximum atomic E-state index is 11.5. The van der Waals surface area contributed by atoms with Gasteiger partial charge in [-0.2, -0.15) is 25.8 Å². The topological polar surface area (TPSA) is 22.0 Å². The summed E-state index contributed by atoms with van der Waals surface area (Å²) in [6.45, 7) is 12.3. The summed E-state index contributed by atoms with van der Waals surface area (Å²) in [6, 6.07) is 2.92. The third kappa shape index (κ3) is 9.27. The second kappa shape index (κ2) is 16.4. The zero-order valence-corrected chi connectivity index (χ0v) is 18.2. The van der Waals surface area contributed by atoms with Gasteiger partial charge in [0, 0.05) is 57.0 Å². The largest absolute Gasteiger partial charge is 2.00 e. The van der Waals surface area contributed by atoms with Gasteiger partial charge in [-0.15, -0.1) is 5.56 Å². The molecule has 0 N–H and O–H groups in total. The summed E-state index contributed by atoms with van der Waals surface area (Å²) < 4.78 is 9.33. The monoisotopic (exact) mass is 531 g/mol. The summed E-state index contributed by atoms with van der Waals surface area (Å²) in [5.74, 6) is -0.0553. The van der Waals surface area contributed by atoms with Crippen LogP contribution in [0.4, 0.5) is 0 Å². The number of Topliss-reactive ketones (excluding diaryl/α,β-unsaturated/α-hetero) is 1. The molecular weight excluding hydrogens is 510 g/mol. The van der Waals surface area contributed by atoms with Gasteiger partial charge in [0.1, 0.15) is 0 Å². The van der Waals surface area contributed by atoms with Crippen molar-refractivity contribution in [2.45, 2.75) is 26.2 Å². The molecule has 0 atom stereocenters. The van der Waals surface area contributed by atoms with Gasteiger partial charge in [0.05, 0.1) is 0 Å². The number of carbonyl (C=O) groups is 1. The summed E-state index contributed by atoms with van der Waals surface area (Å²) >= 11 is 0. The SMILES string of the molecule is [3H]c1c(C(=O)CC[CH2-])[c-]c(C[CH2-])n1C.[CH2-]C.[V].[W+2].[Y]. The summed E-state index contributed by atoms with van der Waals surface area (Å²) in [4.78, 5) is 11.5. The minimum atomic E-state index is -0.0553. The Morgan fingerprint density at radius 3 is 2.33 bits per heavy atom. The maximum absolute atomic E-state index is 11.5. The molecule has 0 aromatic carbocycles. The summed E-state index contributed by atoms with van der Waals surface area (Å²) in [5, 5.41) is 0. The van der Waals surface area contributed by atoms with E-state index >= 15 is 0 Å². The Balaban J connectivity index is -0.000000214. The fourth-order valence-corrected chi connectivity index (χ4v) is 1.14. The fourth-order valence-electron chi connectivity index (χ4n) is 1.14. The van der Waals surface area contributed by atoms with E-state index in [4.69, 9.17) is 1.37 Å². The molecule has 0 fully saturated rings. The Morgan fingerprint density at radius 2 is 2.00 bits per heavy atom. The van der Waals surface area contributed by atoms with E-state index in [-0.39, 0.29) is 84.3 Å². The van der Waals surface area contributed by atoms with E-state index < -0.39 is 0 Å². The summed E-state index contributed by atoms with van der Waals surface area (Å²) in [7, 11) is 1.75. The van der Waals surface area contributed by atoms with Crippen molar-refractivity contribution in [1.82, 2.24) is 4.57 Å². The van der Waals surface area contributed by atoms with Gasteiger partial charge in [-0.3, -0.25) is 0 Å². The molecule has 0 spiro atoms. The standard InChI is InChI=1S/C11H14NO.C2H5.V.W.Y/c1-4-6-11(13)9-7-10(5-2)12(3)8-9;1-2;;;/h8H,1-2,4-6H2,3H3;1H2,2H3;;;/q-3;-1;;+2;/i8T;;;;. The third-order valence-electron chi connectivity index (χ3n) is 1.87. The number of nitrogens with zero attached hydrogens (tertiary/aromatic N) is 1. The first-order valence-corrected chi connectivity index (χ1v) is 5.01. The Labute approximate surface area is 164 Å². The van der Waals surface area contributed by atoms with Crippen molar-refractivity contribution in [1.29, 1.82) is 0 Å². The Hall–Kier alpha value is 1.33. The summed E-state index contributed by atoms with van der Waals surface area (Å²) in [6.07, 6.45) is 1.70. The van der Waals surface area contributed by atoms with Crippen LogP contribution in [0.2, 0.25) is 0 Å². The normalized spacial score (nSPS) is 8.61. The molecule has 1 rings (SSSR count). The van der Waals surface area contributed by atoms with E-state index in [9.17, 15) is 4.79 Å². The van der Waals surface area contributed by atoms with Gasteiger partial charge in [-0.25, -0.2) is 0 Å². The average Bonchev–Trinajstić information content (AvgIpc) is 2.59. The molecule has 0 aliphatic rings. The molecule has 1 aromatic heterocycles. The van der Waals surface area contributed by atoms with Gasteiger partial charge in [0.15, 0.2) is 0 Å². The first-order valence-electron chi connectivity index (χ1n) is 5.51. The van der Waals surface area contributed by atoms with Crippen LogP contribution in [0.15, 0.2) is 6.17 Å². The number of hydrogen-bond acceptors (Lipinski definition) is 1. The van der Waals surface area contributed by atoms with Crippen molar-refractivity contribution in [2.75, 3.05) is 0 Å². The van der Waals surface area contributed by atoms with Crippen molar-refractivity contribution in [2.24, 2.45) is 7.05 Å². The molecule has 1 aromatic rings. The maximum Gasteiger partial charge on any atom is 2.00 e. The van der Waals surface area contributed by atoms with E-state index in [0.29, 0.717) is 24.8 Å². The first-order chi connectivity index (χ1) is 7.61. The molecule has 2 radical (unpaired) electrons. The van der Waals surface area contributed by atoms with Gasteiger partial charge in [0.2, 0.25) is 0 Å². The first kappa shape index (κ1) is 24.4. The van der Waals surface area contributed by atoms with Gasteiger partial charge < -0.3 is 30.1 Å². The van der Waals surface area contributed by atoms with Gasteiger partial charge in [-0.05, 0) is 8.42 Å². The molecular formula is C13H19NOVWY-2. The molecule has 98 valence electrons. The average molecular weight is 531 g/mol. The van der Waals surface area contributed by atoms with Crippen LogP contribution in [0.5, 0.6) is 0 Å². The molecule has 0 saturated heterocycles. The van der Waals surface area contributed by atoms with Crippen molar-refractivity contribution in [3.63, 3.8) is 0 Å². The zero-order chi connectivity index (χ0) is 12.7. The summed E-state index contributed by atoms with van der Waals surface area (Å²) in [5.41, 5.74) is 1.16. The van der Waals surface area contributed by atoms with Gasteiger partial charge >= 0.3 is 21.1 Å². The van der Waals surface area contributed by atoms with E-state index in [0.717, 1.165) is 5.69 Å². The second-order valence-electron chi connectivity index (χ2n) is 2.89. The van der Waals surface area contributed by atoms with Crippen LogP contribution in [-0.2, 0) is 85.8 Å². The van der Waals surface area contributed by atoms with Gasteiger partial charge in [0.25, 0.3) is 0 Å². The van der Waals surface area contributed by atoms with Crippen molar-refractivity contribution < 1.29 is 78.5 Å². The molecule has 0 unspecified atom stereocenters. The quantitative estimate of drug-likeness (QED) is 0.433. The van der Waals surface area contributed by atoms with Crippen LogP contribution in [-0.4, -0.2) is 10.4 Å². The second-order valence-corrected chi connectivity index (χ2v) is 2.89. The number of aromatic nitrogens is 1. The molecule has 5 heteroatoms. The number of carbonyl (C=O) groups excluding carboxylic acids is 1. The van der Waals surface area contributed by atoms with Crippen LogP contribution in [0, 0.1) is 26.8 Å². The Morgan fingerprint density at radius 1 is 1.50 bits per heavy atom. The minimum absolute atomic E-state index is 0. The molecule has 1 heterocycles. The van der Waals surface area contributed by atoms with E-state index in [1.807, 2.05) is 0 Å².